The van der Waals surface area contributed by atoms with Crippen molar-refractivity contribution in [3.8, 4) is 17.4 Å². The summed E-state index contributed by atoms with van der Waals surface area (Å²) in [7, 11) is -3.97. The molecule has 1 saturated carbocycles. The number of nitrogens with zero attached hydrogens (tertiary/aromatic N) is 1. The number of halogens is 5. The first-order chi connectivity index (χ1) is 14.3. The topological polar surface area (TPSA) is 94.6 Å². The van der Waals surface area contributed by atoms with E-state index < -0.39 is 44.8 Å². The Kier molecular flexibility index (Phi) is 6.33. The Bertz CT molecular complexity index is 1120. The van der Waals surface area contributed by atoms with Gasteiger partial charge in [0, 0.05) is 30.9 Å². The van der Waals surface area contributed by atoms with Crippen LogP contribution in [0.3, 0.4) is 0 Å². The number of pyridine rings is 1. The van der Waals surface area contributed by atoms with Gasteiger partial charge in [-0.2, -0.15) is 0 Å². The smallest absolute Gasteiger partial charge is 0.267 e. The number of alkyl halides is 2. The van der Waals surface area contributed by atoms with Crippen LogP contribution >= 0.6 is 11.6 Å². The van der Waals surface area contributed by atoms with Crippen molar-refractivity contribution in [3.05, 3.63) is 46.6 Å². The van der Waals surface area contributed by atoms with E-state index in [0.717, 1.165) is 6.20 Å². The molecule has 0 radical (unpaired) electrons. The average Bonchev–Trinajstić information content (AvgIpc) is 2.60. The van der Waals surface area contributed by atoms with Crippen molar-refractivity contribution in [2.45, 2.75) is 18.8 Å². The zero-order valence-electron chi connectivity index (χ0n) is 15.8. The Balaban J connectivity index is 1.68. The predicted molar refractivity (Wildman–Crippen MR) is 101 cm³/mol. The minimum atomic E-state index is -3.97. The summed E-state index contributed by atoms with van der Waals surface area (Å²) in [4.78, 5) is 15.6. The summed E-state index contributed by atoms with van der Waals surface area (Å²) in [5, 5.41) is -0.0476. The van der Waals surface area contributed by atoms with Gasteiger partial charge in [0.05, 0.1) is 24.6 Å². The van der Waals surface area contributed by atoms with Crippen molar-refractivity contribution in [1.29, 1.82) is 0 Å². The van der Waals surface area contributed by atoms with Crippen LogP contribution in [0, 0.1) is 17.6 Å². The number of aromatic nitrogens is 1. The van der Waals surface area contributed by atoms with Gasteiger partial charge in [0.2, 0.25) is 21.8 Å². The molecule has 3 rings (SSSR count). The number of amides is 1. The Labute approximate surface area is 179 Å². The molecule has 1 aromatic carbocycles. The normalized spacial score (nSPS) is 15.8. The van der Waals surface area contributed by atoms with E-state index >= 15 is 0 Å². The second-order valence-corrected chi connectivity index (χ2v) is 9.12. The van der Waals surface area contributed by atoms with E-state index in [4.69, 9.17) is 21.1 Å². The van der Waals surface area contributed by atoms with Crippen LogP contribution < -0.4 is 14.2 Å². The number of benzene rings is 1. The molecule has 168 valence electrons. The van der Waals surface area contributed by atoms with Gasteiger partial charge in [0.15, 0.2) is 11.6 Å². The predicted octanol–water partition coefficient (Wildman–Crippen LogP) is 3.92. The zero-order chi connectivity index (χ0) is 23.0. The second kappa shape index (κ2) is 8.50. The van der Waals surface area contributed by atoms with Crippen molar-refractivity contribution in [3.63, 3.8) is 0 Å². The SMILES string of the molecule is CS(=O)(=O)NC(=O)c1cc(F)c(Oc2cnc(OCC3CC(F)(F)C3)c(Cl)c2)cc1F. The van der Waals surface area contributed by atoms with E-state index in [1.807, 2.05) is 0 Å². The number of hydrogen-bond donors (Lipinski definition) is 1. The summed E-state index contributed by atoms with van der Waals surface area (Å²) in [5.41, 5.74) is -0.836. The third-order valence-corrected chi connectivity index (χ3v) is 5.01. The molecule has 1 N–H and O–H groups in total. The van der Waals surface area contributed by atoms with Gasteiger partial charge in [0.1, 0.15) is 16.6 Å². The molecule has 0 atom stereocenters. The summed E-state index contributed by atoms with van der Waals surface area (Å²) in [6.45, 7) is -0.000635. The highest BCUT2D eigenvalue weighted by atomic mass is 35.5. The van der Waals surface area contributed by atoms with Crippen LogP contribution in [0.4, 0.5) is 17.6 Å². The van der Waals surface area contributed by atoms with E-state index in [2.05, 4.69) is 4.98 Å². The van der Waals surface area contributed by atoms with Gasteiger partial charge >= 0.3 is 0 Å². The van der Waals surface area contributed by atoms with Crippen LogP contribution in [-0.2, 0) is 10.0 Å². The minimum Gasteiger partial charge on any atom is -0.476 e. The van der Waals surface area contributed by atoms with Crippen LogP contribution in [0.5, 0.6) is 17.4 Å². The Hall–Kier alpha value is -2.60. The molecule has 0 spiro atoms. The summed E-state index contributed by atoms with van der Waals surface area (Å²) in [5.74, 6) is -7.47. The lowest BCUT2D eigenvalue weighted by atomic mass is 9.82. The standard InChI is InChI=1S/C18H15ClF4N2O5S/c1-31(27,28)25-16(26)11-3-14(21)15(4-13(11)20)30-10-2-12(19)17(24-7-10)29-8-9-5-18(22,23)6-9/h2-4,7,9H,5-6,8H2,1H3,(H,25,26). The number of carbonyl (C=O) groups is 1. The maximum absolute atomic E-state index is 14.2. The number of nitrogens with one attached hydrogen (secondary N) is 1. The molecule has 1 aromatic heterocycles. The van der Waals surface area contributed by atoms with Crippen LogP contribution in [-0.4, -0.2) is 38.1 Å². The molecule has 0 bridgehead atoms. The number of sulfonamides is 1. The van der Waals surface area contributed by atoms with E-state index in [9.17, 15) is 30.8 Å². The summed E-state index contributed by atoms with van der Waals surface area (Å²) in [6, 6.07) is 2.23. The van der Waals surface area contributed by atoms with E-state index in [1.165, 1.54) is 10.8 Å². The lowest BCUT2D eigenvalue weighted by Crippen LogP contribution is -2.38. The number of hydrogen-bond acceptors (Lipinski definition) is 6. The molecule has 7 nitrogen and oxygen atoms in total. The molecule has 31 heavy (non-hydrogen) atoms. The van der Waals surface area contributed by atoms with Gasteiger partial charge in [-0.1, -0.05) is 11.6 Å². The fraction of sp³-hybridized carbons (Fsp3) is 0.333. The lowest BCUT2D eigenvalue weighted by Gasteiger charge is -2.34. The summed E-state index contributed by atoms with van der Waals surface area (Å²) < 4.78 is 88.2. The van der Waals surface area contributed by atoms with Gasteiger partial charge in [-0.3, -0.25) is 4.79 Å². The number of ether oxygens (including phenoxy) is 2. The monoisotopic (exact) mass is 482 g/mol. The maximum Gasteiger partial charge on any atom is 0.267 e. The van der Waals surface area contributed by atoms with Gasteiger partial charge in [0.25, 0.3) is 5.91 Å². The van der Waals surface area contributed by atoms with Crippen molar-refractivity contribution in [2.75, 3.05) is 12.9 Å². The van der Waals surface area contributed by atoms with Crippen molar-refractivity contribution in [2.24, 2.45) is 5.92 Å². The van der Waals surface area contributed by atoms with E-state index in [0.29, 0.717) is 18.4 Å². The molecule has 2 aromatic rings. The summed E-state index contributed by atoms with van der Waals surface area (Å²) >= 11 is 6.00. The molecule has 1 fully saturated rings. The summed E-state index contributed by atoms with van der Waals surface area (Å²) in [6.07, 6.45) is 1.21. The Morgan fingerprint density at radius 1 is 1.26 bits per heavy atom. The van der Waals surface area contributed by atoms with Crippen molar-refractivity contribution >= 4 is 27.5 Å². The van der Waals surface area contributed by atoms with Crippen LogP contribution in [0.1, 0.15) is 23.2 Å². The third-order valence-electron chi connectivity index (χ3n) is 4.18. The second-order valence-electron chi connectivity index (χ2n) is 6.97. The van der Waals surface area contributed by atoms with Crippen molar-refractivity contribution < 1.29 is 40.2 Å². The molecular weight excluding hydrogens is 468 g/mol. The van der Waals surface area contributed by atoms with Crippen LogP contribution in [0.25, 0.3) is 0 Å². The van der Waals surface area contributed by atoms with Gasteiger partial charge in [-0.05, 0) is 6.07 Å². The molecule has 13 heteroatoms. The first-order valence-electron chi connectivity index (χ1n) is 8.68. The number of carbonyl (C=O) groups excluding carboxylic acids is 1. The average molecular weight is 483 g/mol. The van der Waals surface area contributed by atoms with E-state index in [-0.39, 0.29) is 42.0 Å². The molecular formula is C18H15ClF4N2O5S. The van der Waals surface area contributed by atoms with Crippen LogP contribution in [0.15, 0.2) is 24.4 Å². The van der Waals surface area contributed by atoms with Crippen LogP contribution in [0.2, 0.25) is 5.02 Å². The molecule has 1 heterocycles. The molecule has 1 aliphatic rings. The third kappa shape index (κ3) is 5.97. The first-order valence-corrected chi connectivity index (χ1v) is 10.9. The fourth-order valence-corrected chi connectivity index (χ4v) is 3.46. The Morgan fingerprint density at radius 3 is 2.52 bits per heavy atom. The van der Waals surface area contributed by atoms with Crippen molar-refractivity contribution in [1.82, 2.24) is 9.71 Å². The number of rotatable bonds is 7. The zero-order valence-corrected chi connectivity index (χ0v) is 17.4. The molecule has 0 aliphatic heterocycles. The maximum atomic E-state index is 14.2. The quantitative estimate of drug-likeness (QED) is 0.601. The largest absolute Gasteiger partial charge is 0.476 e. The molecule has 0 unspecified atom stereocenters. The molecule has 1 aliphatic carbocycles. The van der Waals surface area contributed by atoms with E-state index in [1.54, 1.807) is 0 Å². The highest BCUT2D eigenvalue weighted by molar-refractivity contribution is 7.89. The highest BCUT2D eigenvalue weighted by Crippen LogP contribution is 2.42. The first kappa shape index (κ1) is 23.1. The van der Waals surface area contributed by atoms with Gasteiger partial charge in [-0.15, -0.1) is 0 Å². The fourth-order valence-electron chi connectivity index (χ4n) is 2.80. The molecule has 1 amide bonds. The highest BCUT2D eigenvalue weighted by Gasteiger charge is 2.45. The molecule has 0 saturated heterocycles. The lowest BCUT2D eigenvalue weighted by molar-refractivity contribution is -0.119. The minimum absolute atomic E-state index is 0.000635. The van der Waals surface area contributed by atoms with Gasteiger partial charge in [-0.25, -0.2) is 35.7 Å². The van der Waals surface area contributed by atoms with Gasteiger partial charge < -0.3 is 9.47 Å². The Morgan fingerprint density at radius 2 is 1.94 bits per heavy atom.